The van der Waals surface area contributed by atoms with Crippen molar-refractivity contribution in [1.82, 2.24) is 0 Å². The fraction of sp³-hybridized carbons (Fsp3) is 0.105. The second kappa shape index (κ2) is 5.56. The van der Waals surface area contributed by atoms with Crippen molar-refractivity contribution in [2.45, 2.75) is 13.1 Å². The molecule has 0 saturated heterocycles. The number of fused-ring (bicyclic) bond motifs is 1. The van der Waals surface area contributed by atoms with Crippen molar-refractivity contribution in [3.63, 3.8) is 0 Å². The summed E-state index contributed by atoms with van der Waals surface area (Å²) >= 11 is 1.65. The molecular formula is C19H16N2OS. The van der Waals surface area contributed by atoms with E-state index in [1.807, 2.05) is 71.8 Å². The van der Waals surface area contributed by atoms with Crippen LogP contribution in [-0.2, 0) is 0 Å². The van der Waals surface area contributed by atoms with Gasteiger partial charge in [-0.05, 0) is 42.1 Å². The van der Waals surface area contributed by atoms with Crippen molar-refractivity contribution in [2.75, 3.05) is 10.2 Å². The lowest BCUT2D eigenvalue weighted by atomic mass is 10.0. The number of hydrogen-bond donors (Lipinski definition) is 1. The molecule has 0 bridgehead atoms. The minimum Gasteiger partial charge on any atom is -0.360 e. The predicted octanol–water partition coefficient (Wildman–Crippen LogP) is 4.83. The fourth-order valence-corrected chi connectivity index (χ4v) is 3.75. The van der Waals surface area contributed by atoms with Gasteiger partial charge in [0.15, 0.2) is 0 Å². The standard InChI is InChI=1S/C19H16N2OS/c1-13-7-2-5-10-16(13)21-18(17-11-6-12-23-17)20-15-9-4-3-8-14(15)19(21)22/h2-12,18,20H,1H3. The number of hydrogen-bond acceptors (Lipinski definition) is 3. The van der Waals surface area contributed by atoms with Gasteiger partial charge in [0.25, 0.3) is 5.91 Å². The van der Waals surface area contributed by atoms with E-state index in [1.165, 1.54) is 0 Å². The Labute approximate surface area is 139 Å². The van der Waals surface area contributed by atoms with Gasteiger partial charge in [-0.2, -0.15) is 0 Å². The van der Waals surface area contributed by atoms with Gasteiger partial charge >= 0.3 is 0 Å². The molecule has 2 aromatic carbocycles. The molecular weight excluding hydrogens is 304 g/mol. The molecule has 1 aliphatic heterocycles. The van der Waals surface area contributed by atoms with E-state index in [1.54, 1.807) is 11.3 Å². The largest absolute Gasteiger partial charge is 0.360 e. The van der Waals surface area contributed by atoms with Gasteiger partial charge in [-0.15, -0.1) is 11.3 Å². The molecule has 1 unspecified atom stereocenters. The molecule has 0 aliphatic carbocycles. The number of rotatable bonds is 2. The second-order valence-corrected chi connectivity index (χ2v) is 6.55. The third-order valence-corrected chi connectivity index (χ3v) is 5.04. The third-order valence-electron chi connectivity index (χ3n) is 4.11. The van der Waals surface area contributed by atoms with Crippen molar-refractivity contribution in [2.24, 2.45) is 0 Å². The molecule has 0 saturated carbocycles. The Bertz CT molecular complexity index is 857. The number of anilines is 2. The predicted molar refractivity (Wildman–Crippen MR) is 95.1 cm³/mol. The van der Waals surface area contributed by atoms with Crippen LogP contribution in [0.5, 0.6) is 0 Å². The Morgan fingerprint density at radius 2 is 1.78 bits per heavy atom. The average molecular weight is 320 g/mol. The number of amides is 1. The normalized spacial score (nSPS) is 16.8. The molecule has 0 spiro atoms. The molecule has 23 heavy (non-hydrogen) atoms. The molecule has 1 aliphatic rings. The molecule has 4 rings (SSSR count). The molecule has 4 heteroatoms. The lowest BCUT2D eigenvalue weighted by molar-refractivity contribution is 0.0975. The Balaban J connectivity index is 1.90. The molecule has 3 nitrogen and oxygen atoms in total. The molecule has 1 amide bonds. The summed E-state index contributed by atoms with van der Waals surface area (Å²) in [7, 11) is 0. The SMILES string of the molecule is Cc1ccccc1N1C(=O)c2ccccc2NC1c1cccs1. The zero-order valence-corrected chi connectivity index (χ0v) is 13.5. The Kier molecular flexibility index (Phi) is 3.39. The van der Waals surface area contributed by atoms with E-state index in [9.17, 15) is 4.79 Å². The quantitative estimate of drug-likeness (QED) is 0.733. The first kappa shape index (κ1) is 14.0. The maximum Gasteiger partial charge on any atom is 0.262 e. The number of carbonyl (C=O) groups is 1. The summed E-state index contributed by atoms with van der Waals surface area (Å²) in [5.74, 6) is 0.0343. The number of aryl methyl sites for hydroxylation is 1. The van der Waals surface area contributed by atoms with Gasteiger partial charge in [0.1, 0.15) is 6.17 Å². The van der Waals surface area contributed by atoms with Crippen LogP contribution in [0.1, 0.15) is 27.0 Å². The first-order valence-electron chi connectivity index (χ1n) is 7.54. The Morgan fingerprint density at radius 3 is 2.57 bits per heavy atom. The topological polar surface area (TPSA) is 32.3 Å². The zero-order chi connectivity index (χ0) is 15.8. The summed E-state index contributed by atoms with van der Waals surface area (Å²) < 4.78 is 0. The van der Waals surface area contributed by atoms with Crippen LogP contribution >= 0.6 is 11.3 Å². The molecule has 1 N–H and O–H groups in total. The Morgan fingerprint density at radius 1 is 1.00 bits per heavy atom. The van der Waals surface area contributed by atoms with Crippen LogP contribution < -0.4 is 10.2 Å². The van der Waals surface area contributed by atoms with E-state index in [2.05, 4.69) is 11.4 Å². The van der Waals surface area contributed by atoms with Gasteiger partial charge in [-0.25, -0.2) is 0 Å². The minimum atomic E-state index is -0.182. The zero-order valence-electron chi connectivity index (χ0n) is 12.7. The number of para-hydroxylation sites is 2. The van der Waals surface area contributed by atoms with E-state index in [4.69, 9.17) is 0 Å². The minimum absolute atomic E-state index is 0.0343. The number of benzene rings is 2. The van der Waals surface area contributed by atoms with Gasteiger partial charge in [-0.1, -0.05) is 36.4 Å². The van der Waals surface area contributed by atoms with Gasteiger partial charge < -0.3 is 5.32 Å². The van der Waals surface area contributed by atoms with Gasteiger partial charge in [0, 0.05) is 16.3 Å². The van der Waals surface area contributed by atoms with Crippen LogP contribution in [0.4, 0.5) is 11.4 Å². The highest BCUT2D eigenvalue weighted by Crippen LogP contribution is 2.38. The molecule has 0 radical (unpaired) electrons. The first-order valence-corrected chi connectivity index (χ1v) is 8.42. The summed E-state index contributed by atoms with van der Waals surface area (Å²) in [6.07, 6.45) is -0.182. The van der Waals surface area contributed by atoms with Crippen LogP contribution in [0, 0.1) is 6.92 Å². The second-order valence-electron chi connectivity index (χ2n) is 5.57. The molecule has 2 heterocycles. The van der Waals surface area contributed by atoms with Crippen molar-refractivity contribution >= 4 is 28.6 Å². The van der Waals surface area contributed by atoms with Gasteiger partial charge in [0.05, 0.1) is 5.56 Å². The van der Waals surface area contributed by atoms with E-state index in [-0.39, 0.29) is 12.1 Å². The summed E-state index contributed by atoms with van der Waals surface area (Å²) in [4.78, 5) is 16.2. The molecule has 3 aromatic rings. The van der Waals surface area contributed by atoms with Crippen LogP contribution in [0.3, 0.4) is 0 Å². The van der Waals surface area contributed by atoms with E-state index in [0.29, 0.717) is 5.56 Å². The van der Waals surface area contributed by atoms with Crippen LogP contribution in [0.15, 0.2) is 66.0 Å². The highest BCUT2D eigenvalue weighted by molar-refractivity contribution is 7.10. The van der Waals surface area contributed by atoms with Gasteiger partial charge in [-0.3, -0.25) is 9.69 Å². The van der Waals surface area contributed by atoms with Gasteiger partial charge in [0.2, 0.25) is 0 Å². The maximum atomic E-state index is 13.2. The molecule has 114 valence electrons. The Hall–Kier alpha value is -2.59. The molecule has 1 atom stereocenters. The van der Waals surface area contributed by atoms with E-state index in [0.717, 1.165) is 21.8 Å². The van der Waals surface area contributed by atoms with E-state index < -0.39 is 0 Å². The first-order chi connectivity index (χ1) is 11.3. The average Bonchev–Trinajstić information content (AvgIpc) is 3.10. The number of thiophene rings is 1. The van der Waals surface area contributed by atoms with Crippen molar-refractivity contribution in [3.05, 3.63) is 82.0 Å². The lowest BCUT2D eigenvalue weighted by Crippen LogP contribution is -2.43. The lowest BCUT2D eigenvalue weighted by Gasteiger charge is -2.38. The van der Waals surface area contributed by atoms with Crippen molar-refractivity contribution < 1.29 is 4.79 Å². The maximum absolute atomic E-state index is 13.2. The summed E-state index contributed by atoms with van der Waals surface area (Å²) in [6, 6.07) is 19.8. The number of nitrogens with one attached hydrogen (secondary N) is 1. The molecule has 0 fully saturated rings. The molecule has 1 aromatic heterocycles. The van der Waals surface area contributed by atoms with Crippen LogP contribution in [0.2, 0.25) is 0 Å². The smallest absolute Gasteiger partial charge is 0.262 e. The van der Waals surface area contributed by atoms with Crippen molar-refractivity contribution in [1.29, 1.82) is 0 Å². The van der Waals surface area contributed by atoms with E-state index >= 15 is 0 Å². The van der Waals surface area contributed by atoms with Crippen LogP contribution in [0.25, 0.3) is 0 Å². The van der Waals surface area contributed by atoms with Crippen LogP contribution in [-0.4, -0.2) is 5.91 Å². The highest BCUT2D eigenvalue weighted by atomic mass is 32.1. The fourth-order valence-electron chi connectivity index (χ4n) is 2.98. The summed E-state index contributed by atoms with van der Waals surface area (Å²) in [5.41, 5.74) is 3.63. The monoisotopic (exact) mass is 320 g/mol. The number of nitrogens with zero attached hydrogens (tertiary/aromatic N) is 1. The third kappa shape index (κ3) is 2.32. The highest BCUT2D eigenvalue weighted by Gasteiger charge is 2.34. The summed E-state index contributed by atoms with van der Waals surface area (Å²) in [6.45, 7) is 2.04. The summed E-state index contributed by atoms with van der Waals surface area (Å²) in [5, 5.41) is 5.56. The van der Waals surface area contributed by atoms with Crippen molar-refractivity contribution in [3.8, 4) is 0 Å². The number of carbonyl (C=O) groups excluding carboxylic acids is 1.